The Morgan fingerprint density at radius 1 is 1.18 bits per heavy atom. The molecule has 2 aromatic heterocycles. The van der Waals surface area contributed by atoms with E-state index in [1.165, 1.54) is 23.5 Å². The lowest BCUT2D eigenvalue weighted by Crippen LogP contribution is -2.36. The Kier molecular flexibility index (Phi) is 3.06. The van der Waals surface area contributed by atoms with E-state index in [2.05, 4.69) is 4.98 Å². The summed E-state index contributed by atoms with van der Waals surface area (Å²) in [5.74, 6) is 0.707. The number of fused-ring (bicyclic) bond motifs is 1. The van der Waals surface area contributed by atoms with Crippen molar-refractivity contribution in [3.8, 4) is 0 Å². The molecule has 1 N–H and O–H groups in total. The van der Waals surface area contributed by atoms with E-state index in [4.69, 9.17) is 4.42 Å². The maximum absolute atomic E-state index is 12.2. The van der Waals surface area contributed by atoms with E-state index in [1.54, 1.807) is 0 Å². The van der Waals surface area contributed by atoms with Gasteiger partial charge in [-0.15, -0.1) is 0 Å². The smallest absolute Gasteiger partial charge is 0.337 e. The number of nitrogens with zero attached hydrogens (tertiary/aromatic N) is 1. The first-order valence-electron chi connectivity index (χ1n) is 7.95. The van der Waals surface area contributed by atoms with E-state index in [0.717, 1.165) is 25.7 Å². The van der Waals surface area contributed by atoms with E-state index >= 15 is 0 Å². The van der Waals surface area contributed by atoms with E-state index < -0.39 is 16.9 Å². The van der Waals surface area contributed by atoms with Crippen molar-refractivity contribution in [1.29, 1.82) is 0 Å². The Morgan fingerprint density at radius 3 is 2.59 bits per heavy atom. The molecule has 6 heteroatoms. The van der Waals surface area contributed by atoms with Gasteiger partial charge in [0.05, 0.1) is 0 Å². The summed E-state index contributed by atoms with van der Waals surface area (Å²) in [6.07, 6.45) is 6.89. The van der Waals surface area contributed by atoms with Gasteiger partial charge in [0.2, 0.25) is 5.71 Å². The van der Waals surface area contributed by atoms with Gasteiger partial charge in [0.15, 0.2) is 0 Å². The standard InChI is InChI=1S/C16H18N2O4/c19-12-8-10(7-6-9-4-5-9)13-14(20)17-16(21)18(15(13)22-12)11-2-1-3-11/h8-9,11H,1-7H2,(H,17,20,21). The third kappa shape index (κ3) is 2.23. The van der Waals surface area contributed by atoms with Gasteiger partial charge in [0, 0.05) is 12.1 Å². The van der Waals surface area contributed by atoms with Crippen molar-refractivity contribution >= 4 is 11.1 Å². The lowest BCUT2D eigenvalue weighted by molar-refractivity contribution is 0.298. The number of nitrogens with one attached hydrogen (secondary N) is 1. The van der Waals surface area contributed by atoms with Crippen LogP contribution in [0.3, 0.4) is 0 Å². The summed E-state index contributed by atoms with van der Waals surface area (Å²) in [6.45, 7) is 0. The molecule has 2 saturated carbocycles. The Hall–Kier alpha value is -2.11. The van der Waals surface area contributed by atoms with Crippen LogP contribution >= 0.6 is 0 Å². The fourth-order valence-electron chi connectivity index (χ4n) is 3.19. The summed E-state index contributed by atoms with van der Waals surface area (Å²) in [5, 5.41) is 0.367. The predicted octanol–water partition coefficient (Wildman–Crippen LogP) is 1.71. The molecule has 0 radical (unpaired) electrons. The second kappa shape index (κ2) is 4.97. The molecular weight excluding hydrogens is 284 g/mol. The molecule has 2 aliphatic rings. The summed E-state index contributed by atoms with van der Waals surface area (Å²) >= 11 is 0. The van der Waals surface area contributed by atoms with E-state index in [-0.39, 0.29) is 11.8 Å². The fraction of sp³-hybridized carbons (Fsp3) is 0.562. The van der Waals surface area contributed by atoms with Crippen molar-refractivity contribution in [3.63, 3.8) is 0 Å². The summed E-state index contributed by atoms with van der Waals surface area (Å²) < 4.78 is 6.72. The molecule has 2 aromatic rings. The zero-order chi connectivity index (χ0) is 15.3. The first-order valence-corrected chi connectivity index (χ1v) is 7.95. The number of hydrogen-bond donors (Lipinski definition) is 1. The van der Waals surface area contributed by atoms with Crippen LogP contribution in [0.1, 0.15) is 50.1 Å². The highest BCUT2D eigenvalue weighted by atomic mass is 16.4. The minimum atomic E-state index is -0.489. The molecule has 116 valence electrons. The zero-order valence-electron chi connectivity index (χ0n) is 12.3. The van der Waals surface area contributed by atoms with Gasteiger partial charge in [-0.3, -0.25) is 14.3 Å². The van der Waals surface area contributed by atoms with Crippen LogP contribution in [0.15, 0.2) is 24.9 Å². The van der Waals surface area contributed by atoms with Crippen molar-refractivity contribution < 1.29 is 4.42 Å². The van der Waals surface area contributed by atoms with Gasteiger partial charge in [-0.1, -0.05) is 12.8 Å². The Bertz CT molecular complexity index is 897. The molecule has 2 aliphatic carbocycles. The second-order valence-corrected chi connectivity index (χ2v) is 6.47. The maximum Gasteiger partial charge on any atom is 0.337 e. The van der Waals surface area contributed by atoms with Crippen LogP contribution in [-0.2, 0) is 6.42 Å². The highest BCUT2D eigenvalue weighted by molar-refractivity contribution is 5.76. The van der Waals surface area contributed by atoms with Crippen LogP contribution in [0.2, 0.25) is 0 Å². The Morgan fingerprint density at radius 2 is 1.95 bits per heavy atom. The monoisotopic (exact) mass is 302 g/mol. The molecular formula is C16H18N2O4. The van der Waals surface area contributed by atoms with Gasteiger partial charge in [-0.2, -0.15) is 0 Å². The third-order valence-electron chi connectivity index (χ3n) is 4.87. The van der Waals surface area contributed by atoms with Gasteiger partial charge in [0.25, 0.3) is 5.56 Å². The maximum atomic E-state index is 12.2. The fourth-order valence-corrected chi connectivity index (χ4v) is 3.19. The van der Waals surface area contributed by atoms with Crippen molar-refractivity contribution in [2.24, 2.45) is 5.92 Å². The summed E-state index contributed by atoms with van der Waals surface area (Å²) in [4.78, 5) is 38.6. The molecule has 0 spiro atoms. The van der Waals surface area contributed by atoms with Crippen LogP contribution in [0, 0.1) is 5.92 Å². The summed E-state index contributed by atoms with van der Waals surface area (Å²) in [7, 11) is 0. The summed E-state index contributed by atoms with van der Waals surface area (Å²) in [5.41, 5.74) is -0.574. The van der Waals surface area contributed by atoms with Crippen molar-refractivity contribution in [1.82, 2.24) is 9.55 Å². The number of rotatable bonds is 4. The van der Waals surface area contributed by atoms with E-state index in [1.807, 2.05) is 0 Å². The highest BCUT2D eigenvalue weighted by Gasteiger charge is 2.26. The lowest BCUT2D eigenvalue weighted by Gasteiger charge is -2.27. The number of hydrogen-bond acceptors (Lipinski definition) is 4. The Labute approximate surface area is 125 Å². The number of H-pyrrole nitrogens is 1. The van der Waals surface area contributed by atoms with Gasteiger partial charge in [0.1, 0.15) is 5.39 Å². The first kappa shape index (κ1) is 13.5. The number of aromatic amines is 1. The van der Waals surface area contributed by atoms with Crippen LogP contribution < -0.4 is 16.9 Å². The normalized spacial score (nSPS) is 18.5. The lowest BCUT2D eigenvalue weighted by atomic mass is 9.93. The molecule has 0 saturated heterocycles. The van der Waals surface area contributed by atoms with Crippen molar-refractivity contribution in [3.05, 3.63) is 42.9 Å². The van der Waals surface area contributed by atoms with Crippen LogP contribution in [-0.4, -0.2) is 9.55 Å². The van der Waals surface area contributed by atoms with Gasteiger partial charge < -0.3 is 4.42 Å². The molecule has 0 bridgehead atoms. The quantitative estimate of drug-likeness (QED) is 0.931. The zero-order valence-corrected chi connectivity index (χ0v) is 12.3. The van der Waals surface area contributed by atoms with Gasteiger partial charge >= 0.3 is 11.3 Å². The molecule has 0 unspecified atom stereocenters. The van der Waals surface area contributed by atoms with Gasteiger partial charge in [-0.05, 0) is 43.6 Å². The molecule has 2 fully saturated rings. The van der Waals surface area contributed by atoms with Gasteiger partial charge in [-0.25, -0.2) is 9.59 Å². The first-order chi connectivity index (χ1) is 10.6. The Balaban J connectivity index is 1.94. The molecule has 6 nitrogen and oxygen atoms in total. The average molecular weight is 302 g/mol. The van der Waals surface area contributed by atoms with Crippen LogP contribution in [0.5, 0.6) is 0 Å². The van der Waals surface area contributed by atoms with Crippen molar-refractivity contribution in [2.75, 3.05) is 0 Å². The topological polar surface area (TPSA) is 85.1 Å². The van der Waals surface area contributed by atoms with E-state index in [9.17, 15) is 14.4 Å². The molecule has 0 amide bonds. The number of aryl methyl sites for hydroxylation is 1. The second-order valence-electron chi connectivity index (χ2n) is 6.47. The highest BCUT2D eigenvalue weighted by Crippen LogP contribution is 2.35. The molecule has 22 heavy (non-hydrogen) atoms. The largest absolute Gasteiger partial charge is 0.405 e. The minimum absolute atomic E-state index is 0.0219. The molecule has 0 aliphatic heterocycles. The number of aromatic nitrogens is 2. The summed E-state index contributed by atoms with van der Waals surface area (Å²) in [6, 6.07) is 1.42. The SMILES string of the molecule is O=c1cc(CCC2CC2)c2c(=O)[nH]c(=O)n(C3CCC3)c2o1. The molecule has 0 aromatic carbocycles. The third-order valence-corrected chi connectivity index (χ3v) is 4.87. The van der Waals surface area contributed by atoms with E-state index in [0.29, 0.717) is 23.3 Å². The average Bonchev–Trinajstić information content (AvgIpc) is 3.22. The van der Waals surface area contributed by atoms with Crippen LogP contribution in [0.4, 0.5) is 0 Å². The predicted molar refractivity (Wildman–Crippen MR) is 81.3 cm³/mol. The molecule has 0 atom stereocenters. The van der Waals surface area contributed by atoms with Crippen LogP contribution in [0.25, 0.3) is 11.1 Å². The molecule has 4 rings (SSSR count). The van der Waals surface area contributed by atoms with Crippen molar-refractivity contribution in [2.45, 2.75) is 51.0 Å². The minimum Gasteiger partial charge on any atom is -0.405 e. The molecule has 2 heterocycles.